The van der Waals surface area contributed by atoms with Crippen molar-refractivity contribution in [2.24, 2.45) is 16.5 Å². The van der Waals surface area contributed by atoms with Gasteiger partial charge < -0.3 is 22.1 Å². The van der Waals surface area contributed by atoms with Gasteiger partial charge in [-0.3, -0.25) is 0 Å². The van der Waals surface area contributed by atoms with Crippen LogP contribution < -0.4 is 22.1 Å². The third-order valence-corrected chi connectivity index (χ3v) is 3.95. The quantitative estimate of drug-likeness (QED) is 0.602. The van der Waals surface area contributed by atoms with Crippen LogP contribution in [0, 0.1) is 0 Å². The summed E-state index contributed by atoms with van der Waals surface area (Å²) in [5, 5.41) is 7.28. The van der Waals surface area contributed by atoms with Gasteiger partial charge in [-0.1, -0.05) is 35.3 Å². The van der Waals surface area contributed by atoms with E-state index in [0.29, 0.717) is 22.5 Å². The van der Waals surface area contributed by atoms with Crippen LogP contribution in [0.2, 0.25) is 10.0 Å². The molecule has 2 rings (SSSR count). The molecule has 0 saturated carbocycles. The molecule has 0 aromatic heterocycles. The van der Waals surface area contributed by atoms with Crippen LogP contribution in [0.5, 0.6) is 0 Å². The first-order valence-corrected chi connectivity index (χ1v) is 7.57. The van der Waals surface area contributed by atoms with E-state index >= 15 is 0 Å². The van der Waals surface area contributed by atoms with Crippen LogP contribution in [-0.2, 0) is 0 Å². The van der Waals surface area contributed by atoms with Crippen molar-refractivity contribution in [3.05, 3.63) is 45.7 Å². The lowest BCUT2D eigenvalue weighted by molar-refractivity contribution is 0.655. The van der Waals surface area contributed by atoms with Crippen LogP contribution in [0.1, 0.15) is 24.4 Å². The van der Waals surface area contributed by atoms with Crippen molar-refractivity contribution in [3.8, 4) is 0 Å². The summed E-state index contributed by atoms with van der Waals surface area (Å²) in [6.45, 7) is 1.51. The molecule has 5 nitrogen and oxygen atoms in total. The van der Waals surface area contributed by atoms with E-state index < -0.39 is 0 Å². The van der Waals surface area contributed by atoms with Crippen LogP contribution in [-0.4, -0.2) is 19.0 Å². The van der Waals surface area contributed by atoms with Gasteiger partial charge in [-0.25, -0.2) is 4.99 Å². The molecular formula is C14H19Cl2N5. The van der Waals surface area contributed by atoms with Gasteiger partial charge in [-0.2, -0.15) is 0 Å². The summed E-state index contributed by atoms with van der Waals surface area (Å²) in [5.74, 6) is 1.17. The SMILES string of the molecule is NCCCCNC1=CC(c2cccc(Cl)c2Cl)N=C(N)N1. The van der Waals surface area contributed by atoms with Crippen LogP contribution >= 0.6 is 23.2 Å². The van der Waals surface area contributed by atoms with Gasteiger partial charge in [0.2, 0.25) is 0 Å². The van der Waals surface area contributed by atoms with E-state index in [1.54, 1.807) is 6.07 Å². The molecule has 1 unspecified atom stereocenters. The summed E-state index contributed by atoms with van der Waals surface area (Å²) in [4.78, 5) is 4.35. The van der Waals surface area contributed by atoms with E-state index in [1.165, 1.54) is 0 Å². The Morgan fingerprint density at radius 3 is 2.86 bits per heavy atom. The van der Waals surface area contributed by atoms with Crippen molar-refractivity contribution in [1.29, 1.82) is 0 Å². The summed E-state index contributed by atoms with van der Waals surface area (Å²) in [7, 11) is 0. The van der Waals surface area contributed by atoms with Gasteiger partial charge in [0.1, 0.15) is 11.9 Å². The van der Waals surface area contributed by atoms with E-state index in [9.17, 15) is 0 Å². The van der Waals surface area contributed by atoms with Crippen LogP contribution in [0.15, 0.2) is 35.1 Å². The Morgan fingerprint density at radius 2 is 2.10 bits per heavy atom. The molecule has 21 heavy (non-hydrogen) atoms. The fourth-order valence-corrected chi connectivity index (χ4v) is 2.48. The molecule has 7 heteroatoms. The van der Waals surface area contributed by atoms with Crippen molar-refractivity contribution in [2.75, 3.05) is 13.1 Å². The molecular weight excluding hydrogens is 309 g/mol. The third kappa shape index (κ3) is 4.27. The number of rotatable bonds is 6. The number of aliphatic imine (C=N–C) groups is 1. The second-order valence-corrected chi connectivity index (χ2v) is 5.52. The molecule has 1 heterocycles. The molecule has 0 saturated heterocycles. The smallest absolute Gasteiger partial charge is 0.195 e. The van der Waals surface area contributed by atoms with Gasteiger partial charge in [0.05, 0.1) is 10.0 Å². The molecule has 0 fully saturated rings. The predicted octanol–water partition coefficient (Wildman–Crippen LogP) is 2.12. The van der Waals surface area contributed by atoms with E-state index in [4.69, 9.17) is 34.7 Å². The minimum absolute atomic E-state index is 0.255. The molecule has 1 aromatic carbocycles. The van der Waals surface area contributed by atoms with E-state index in [0.717, 1.165) is 30.8 Å². The second kappa shape index (κ2) is 7.54. The van der Waals surface area contributed by atoms with Crippen molar-refractivity contribution < 1.29 is 0 Å². The largest absolute Gasteiger partial charge is 0.372 e. The molecule has 114 valence electrons. The van der Waals surface area contributed by atoms with Crippen molar-refractivity contribution in [1.82, 2.24) is 10.6 Å². The molecule has 1 atom stereocenters. The Labute approximate surface area is 134 Å². The van der Waals surface area contributed by atoms with Crippen molar-refractivity contribution in [3.63, 3.8) is 0 Å². The minimum atomic E-state index is -0.255. The Hall–Kier alpha value is -1.43. The van der Waals surface area contributed by atoms with Crippen molar-refractivity contribution >= 4 is 29.2 Å². The zero-order valence-corrected chi connectivity index (χ0v) is 13.1. The van der Waals surface area contributed by atoms with Gasteiger partial charge in [0.15, 0.2) is 5.96 Å². The first-order chi connectivity index (χ1) is 10.1. The van der Waals surface area contributed by atoms with Crippen LogP contribution in [0.4, 0.5) is 0 Å². The lowest BCUT2D eigenvalue weighted by atomic mass is 10.1. The molecule has 0 radical (unpaired) electrons. The summed E-state index contributed by atoms with van der Waals surface area (Å²) < 4.78 is 0. The van der Waals surface area contributed by atoms with Gasteiger partial charge >= 0.3 is 0 Å². The summed E-state index contributed by atoms with van der Waals surface area (Å²) in [6.07, 6.45) is 3.92. The molecule has 0 amide bonds. The van der Waals surface area contributed by atoms with Gasteiger partial charge in [0, 0.05) is 12.1 Å². The maximum atomic E-state index is 6.24. The Balaban J connectivity index is 2.12. The average Bonchev–Trinajstić information content (AvgIpc) is 2.46. The lowest BCUT2D eigenvalue weighted by Crippen LogP contribution is -2.40. The molecule has 0 aliphatic carbocycles. The number of guanidine groups is 1. The van der Waals surface area contributed by atoms with Crippen molar-refractivity contribution in [2.45, 2.75) is 18.9 Å². The Kier molecular flexibility index (Phi) is 5.73. The first kappa shape index (κ1) is 15.9. The zero-order chi connectivity index (χ0) is 15.2. The zero-order valence-electron chi connectivity index (χ0n) is 11.6. The number of nitrogens with two attached hydrogens (primary N) is 2. The third-order valence-electron chi connectivity index (χ3n) is 3.11. The summed E-state index contributed by atoms with van der Waals surface area (Å²) >= 11 is 12.3. The van der Waals surface area contributed by atoms with E-state index in [2.05, 4.69) is 15.6 Å². The van der Waals surface area contributed by atoms with Crippen LogP contribution in [0.3, 0.4) is 0 Å². The molecule has 1 aromatic rings. The monoisotopic (exact) mass is 327 g/mol. The summed E-state index contributed by atoms with van der Waals surface area (Å²) in [6, 6.07) is 5.23. The highest BCUT2D eigenvalue weighted by Crippen LogP contribution is 2.33. The number of unbranched alkanes of at least 4 members (excludes halogenated alkanes) is 1. The number of nitrogens with zero attached hydrogens (tertiary/aromatic N) is 1. The maximum Gasteiger partial charge on any atom is 0.195 e. The fraction of sp³-hybridized carbons (Fsp3) is 0.357. The van der Waals surface area contributed by atoms with E-state index in [1.807, 2.05) is 18.2 Å². The molecule has 1 aliphatic heterocycles. The standard InChI is InChI=1S/C14H19Cl2N5/c15-10-5-3-4-9(13(10)16)11-8-12(21-14(18)20-11)19-7-2-1-6-17/h3-5,8,11,19H,1-2,6-7,17H2,(H3,18,20,21). The predicted molar refractivity (Wildman–Crippen MR) is 88.3 cm³/mol. The van der Waals surface area contributed by atoms with Crippen LogP contribution in [0.25, 0.3) is 0 Å². The molecule has 0 bridgehead atoms. The van der Waals surface area contributed by atoms with Gasteiger partial charge in [0.25, 0.3) is 0 Å². The summed E-state index contributed by atoms with van der Waals surface area (Å²) in [5.41, 5.74) is 12.1. The normalized spacial score (nSPS) is 17.8. The average molecular weight is 328 g/mol. The van der Waals surface area contributed by atoms with Gasteiger partial charge in [-0.15, -0.1) is 0 Å². The number of halogens is 2. The minimum Gasteiger partial charge on any atom is -0.372 e. The first-order valence-electron chi connectivity index (χ1n) is 6.81. The number of hydrogen-bond acceptors (Lipinski definition) is 5. The highest BCUT2D eigenvalue weighted by Gasteiger charge is 2.18. The highest BCUT2D eigenvalue weighted by atomic mass is 35.5. The molecule has 0 spiro atoms. The molecule has 6 N–H and O–H groups in total. The Morgan fingerprint density at radius 1 is 1.29 bits per heavy atom. The Bertz CT molecular complexity index is 556. The van der Waals surface area contributed by atoms with Gasteiger partial charge in [-0.05, 0) is 31.5 Å². The van der Waals surface area contributed by atoms with E-state index in [-0.39, 0.29) is 6.04 Å². The molecule has 1 aliphatic rings. The fourth-order valence-electron chi connectivity index (χ4n) is 2.06. The number of nitrogens with one attached hydrogen (secondary N) is 2. The number of hydrogen-bond donors (Lipinski definition) is 4. The lowest BCUT2D eigenvalue weighted by Gasteiger charge is -2.22. The second-order valence-electron chi connectivity index (χ2n) is 4.73. The number of benzene rings is 1. The maximum absolute atomic E-state index is 6.24. The topological polar surface area (TPSA) is 88.5 Å². The highest BCUT2D eigenvalue weighted by molar-refractivity contribution is 6.42.